The predicted molar refractivity (Wildman–Crippen MR) is 68.9 cm³/mol. The van der Waals surface area contributed by atoms with Crippen LogP contribution in [0.4, 0.5) is 23.2 Å². The molecular formula is C13H14F4N4. The van der Waals surface area contributed by atoms with Crippen molar-refractivity contribution < 1.29 is 17.6 Å². The Hall–Kier alpha value is -2.12. The number of hydrogen-bond donors (Lipinski definition) is 1. The minimum atomic E-state index is -1.67. The minimum Gasteiger partial charge on any atom is -0.380 e. The number of aromatic nitrogens is 3. The molecule has 0 spiro atoms. The summed E-state index contributed by atoms with van der Waals surface area (Å²) in [6.45, 7) is 4.40. The Morgan fingerprint density at radius 3 is 2.24 bits per heavy atom. The normalized spacial score (nSPS) is 11.0. The van der Waals surface area contributed by atoms with Gasteiger partial charge in [-0.3, -0.25) is 4.68 Å². The van der Waals surface area contributed by atoms with Crippen LogP contribution in [0.5, 0.6) is 0 Å². The van der Waals surface area contributed by atoms with E-state index in [-0.39, 0.29) is 6.54 Å². The van der Waals surface area contributed by atoms with E-state index in [1.54, 1.807) is 4.68 Å². The van der Waals surface area contributed by atoms with Gasteiger partial charge in [-0.1, -0.05) is 0 Å². The SMILES string of the molecule is Cc1cc(C)n(CCCNc2c(F)c(F)nc(F)c2F)n1. The molecule has 0 bridgehead atoms. The summed E-state index contributed by atoms with van der Waals surface area (Å²) < 4.78 is 54.2. The number of hydrogen-bond acceptors (Lipinski definition) is 3. The average molecular weight is 302 g/mol. The van der Waals surface area contributed by atoms with Gasteiger partial charge >= 0.3 is 0 Å². The van der Waals surface area contributed by atoms with Crippen LogP contribution in [0.1, 0.15) is 17.8 Å². The number of nitrogens with zero attached hydrogens (tertiary/aromatic N) is 3. The maximum Gasteiger partial charge on any atom is 0.253 e. The Balaban J connectivity index is 1.97. The lowest BCUT2D eigenvalue weighted by Gasteiger charge is -2.10. The lowest BCUT2D eigenvalue weighted by Crippen LogP contribution is -2.13. The Bertz CT molecular complexity index is 628. The van der Waals surface area contributed by atoms with E-state index in [4.69, 9.17) is 0 Å². The van der Waals surface area contributed by atoms with Crippen LogP contribution in [0.25, 0.3) is 0 Å². The Morgan fingerprint density at radius 2 is 1.71 bits per heavy atom. The van der Waals surface area contributed by atoms with Crippen LogP contribution in [0.15, 0.2) is 6.07 Å². The molecule has 0 amide bonds. The van der Waals surface area contributed by atoms with Crippen molar-refractivity contribution in [1.29, 1.82) is 0 Å². The second-order valence-electron chi connectivity index (χ2n) is 4.63. The molecule has 2 rings (SSSR count). The van der Waals surface area contributed by atoms with Crippen LogP contribution >= 0.6 is 0 Å². The number of rotatable bonds is 5. The van der Waals surface area contributed by atoms with Gasteiger partial charge in [0.05, 0.1) is 5.69 Å². The number of halogens is 4. The van der Waals surface area contributed by atoms with Crippen molar-refractivity contribution in [2.45, 2.75) is 26.8 Å². The smallest absolute Gasteiger partial charge is 0.253 e. The summed E-state index contributed by atoms with van der Waals surface area (Å²) in [5.41, 5.74) is 0.995. The summed E-state index contributed by atoms with van der Waals surface area (Å²) in [5.74, 6) is -6.40. The Labute approximate surface area is 118 Å². The van der Waals surface area contributed by atoms with Crippen molar-refractivity contribution in [3.05, 3.63) is 41.0 Å². The third kappa shape index (κ3) is 3.32. The van der Waals surface area contributed by atoms with E-state index in [0.29, 0.717) is 13.0 Å². The Morgan fingerprint density at radius 1 is 1.10 bits per heavy atom. The average Bonchev–Trinajstić information content (AvgIpc) is 2.74. The van der Waals surface area contributed by atoms with Gasteiger partial charge in [0, 0.05) is 18.8 Å². The third-order valence-electron chi connectivity index (χ3n) is 2.95. The molecule has 21 heavy (non-hydrogen) atoms. The predicted octanol–water partition coefficient (Wildman–Crippen LogP) is 2.95. The van der Waals surface area contributed by atoms with Gasteiger partial charge in [-0.15, -0.1) is 0 Å². The third-order valence-corrected chi connectivity index (χ3v) is 2.95. The lowest BCUT2D eigenvalue weighted by molar-refractivity contribution is 0.410. The first-order valence-corrected chi connectivity index (χ1v) is 6.35. The molecule has 2 aromatic heterocycles. The van der Waals surface area contributed by atoms with Crippen molar-refractivity contribution >= 4 is 5.69 Å². The molecule has 114 valence electrons. The molecule has 0 aliphatic carbocycles. The molecular weight excluding hydrogens is 288 g/mol. The van der Waals surface area contributed by atoms with Gasteiger partial charge in [0.25, 0.3) is 11.9 Å². The van der Waals surface area contributed by atoms with Crippen molar-refractivity contribution in [3.8, 4) is 0 Å². The zero-order valence-electron chi connectivity index (χ0n) is 11.6. The second kappa shape index (κ2) is 6.11. The van der Waals surface area contributed by atoms with Gasteiger partial charge < -0.3 is 5.32 Å². The van der Waals surface area contributed by atoms with E-state index in [1.807, 2.05) is 19.9 Å². The fourth-order valence-corrected chi connectivity index (χ4v) is 1.99. The quantitative estimate of drug-likeness (QED) is 0.524. The molecule has 0 saturated carbocycles. The van der Waals surface area contributed by atoms with Crippen molar-refractivity contribution in [3.63, 3.8) is 0 Å². The molecule has 0 radical (unpaired) electrons. The monoisotopic (exact) mass is 302 g/mol. The first kappa shape index (κ1) is 15.3. The van der Waals surface area contributed by atoms with E-state index in [9.17, 15) is 17.6 Å². The molecule has 8 heteroatoms. The maximum absolute atomic E-state index is 13.3. The molecule has 2 heterocycles. The van der Waals surface area contributed by atoms with E-state index in [0.717, 1.165) is 11.4 Å². The fourth-order valence-electron chi connectivity index (χ4n) is 1.99. The van der Waals surface area contributed by atoms with Crippen molar-refractivity contribution in [2.75, 3.05) is 11.9 Å². The lowest BCUT2D eigenvalue weighted by atomic mass is 10.3. The van der Waals surface area contributed by atoms with Crippen LogP contribution in [0, 0.1) is 37.4 Å². The summed E-state index contributed by atoms with van der Waals surface area (Å²) in [4.78, 5) is 2.49. The highest BCUT2D eigenvalue weighted by atomic mass is 19.2. The first-order valence-electron chi connectivity index (χ1n) is 6.35. The molecule has 0 aromatic carbocycles. The van der Waals surface area contributed by atoms with Gasteiger partial charge in [-0.25, -0.2) is 0 Å². The fraction of sp³-hybridized carbons (Fsp3) is 0.385. The molecule has 1 N–H and O–H groups in total. The van der Waals surface area contributed by atoms with Gasteiger partial charge in [-0.2, -0.15) is 27.6 Å². The van der Waals surface area contributed by atoms with E-state index in [1.165, 1.54) is 0 Å². The summed E-state index contributed by atoms with van der Waals surface area (Å²) in [5, 5.41) is 6.58. The van der Waals surface area contributed by atoms with Gasteiger partial charge in [-0.05, 0) is 26.3 Å². The van der Waals surface area contributed by atoms with Crippen LogP contribution in [0.2, 0.25) is 0 Å². The molecule has 0 unspecified atom stereocenters. The Kier molecular flexibility index (Phi) is 4.44. The zero-order chi connectivity index (χ0) is 15.6. The number of pyridine rings is 1. The van der Waals surface area contributed by atoms with Crippen LogP contribution in [-0.4, -0.2) is 21.3 Å². The summed E-state index contributed by atoms with van der Waals surface area (Å²) in [6, 6.07) is 1.90. The largest absolute Gasteiger partial charge is 0.380 e. The highest BCUT2D eigenvalue weighted by Crippen LogP contribution is 2.21. The number of nitrogens with one attached hydrogen (secondary N) is 1. The number of anilines is 1. The highest BCUT2D eigenvalue weighted by Gasteiger charge is 2.20. The minimum absolute atomic E-state index is 0.134. The van der Waals surface area contributed by atoms with E-state index < -0.39 is 29.2 Å². The first-order chi connectivity index (χ1) is 9.90. The van der Waals surface area contributed by atoms with Gasteiger partial charge in [0.2, 0.25) is 11.6 Å². The molecule has 4 nitrogen and oxygen atoms in total. The van der Waals surface area contributed by atoms with Gasteiger partial charge in [0.1, 0.15) is 5.69 Å². The van der Waals surface area contributed by atoms with E-state index >= 15 is 0 Å². The second-order valence-corrected chi connectivity index (χ2v) is 4.63. The maximum atomic E-state index is 13.3. The van der Waals surface area contributed by atoms with Crippen LogP contribution in [0.3, 0.4) is 0 Å². The standard InChI is InChI=1S/C13H14F4N4/c1-7-6-8(2)21(20-7)5-3-4-18-11-9(14)12(16)19-13(17)10(11)15/h6H,3-5H2,1-2H3,(H,18,19). The zero-order valence-corrected chi connectivity index (χ0v) is 11.6. The van der Waals surface area contributed by atoms with Gasteiger partial charge in [0.15, 0.2) is 0 Å². The number of aryl methyl sites for hydroxylation is 3. The topological polar surface area (TPSA) is 42.7 Å². The van der Waals surface area contributed by atoms with Crippen molar-refractivity contribution in [1.82, 2.24) is 14.8 Å². The summed E-state index contributed by atoms with van der Waals surface area (Å²) in [6.07, 6.45) is 0.479. The summed E-state index contributed by atoms with van der Waals surface area (Å²) in [7, 11) is 0. The molecule has 0 fully saturated rings. The highest BCUT2D eigenvalue weighted by molar-refractivity contribution is 5.45. The molecule has 2 aromatic rings. The van der Waals surface area contributed by atoms with E-state index in [2.05, 4.69) is 15.4 Å². The van der Waals surface area contributed by atoms with Crippen molar-refractivity contribution in [2.24, 2.45) is 0 Å². The molecule has 0 aliphatic rings. The summed E-state index contributed by atoms with van der Waals surface area (Å²) >= 11 is 0. The van der Waals surface area contributed by atoms with Crippen LogP contribution in [-0.2, 0) is 6.54 Å². The molecule has 0 saturated heterocycles. The van der Waals surface area contributed by atoms with Crippen LogP contribution < -0.4 is 5.32 Å². The molecule has 0 atom stereocenters. The molecule has 0 aliphatic heterocycles.